The van der Waals surface area contributed by atoms with Crippen LogP contribution < -0.4 is 37.6 Å². The molecule has 0 radical (unpaired) electrons. The molecule has 0 aromatic heterocycles. The van der Waals surface area contributed by atoms with Gasteiger partial charge in [-0.25, -0.2) is 9.59 Å². The zero-order valence-electron chi connectivity index (χ0n) is 34.9. The number of amides is 8. The van der Waals surface area contributed by atoms with E-state index in [1.165, 1.54) is 4.90 Å². The fourth-order valence-corrected chi connectivity index (χ4v) is 8.20. The van der Waals surface area contributed by atoms with E-state index in [0.717, 1.165) is 31.4 Å². The fourth-order valence-electron chi connectivity index (χ4n) is 7.87. The number of likely N-dealkylation sites (tertiary alicyclic amines) is 1. The van der Waals surface area contributed by atoms with Gasteiger partial charge in [0.05, 0.1) is 39.8 Å². The van der Waals surface area contributed by atoms with Crippen LogP contribution in [0.25, 0.3) is 0 Å². The third-order valence-electron chi connectivity index (χ3n) is 11.0. The van der Waals surface area contributed by atoms with E-state index in [9.17, 15) is 48.3 Å². The van der Waals surface area contributed by atoms with Gasteiger partial charge in [0.15, 0.2) is 0 Å². The number of Topliss-reactive ketones (excluding diaryl/α,β-unsaturated/α-hetero) is 1. The van der Waals surface area contributed by atoms with Crippen LogP contribution in [0.5, 0.6) is 0 Å². The lowest BCUT2D eigenvalue weighted by Crippen LogP contribution is -2.58. The number of para-hydroxylation sites is 1. The van der Waals surface area contributed by atoms with Crippen LogP contribution in [-0.4, -0.2) is 100 Å². The Labute approximate surface area is 378 Å². The molecular formula is C44H50Cl2N8O10. The Hall–Kier alpha value is -6.53. The minimum absolute atomic E-state index is 0.0138. The fraction of sp³-hybridized carbons (Fsp3) is 0.386. The number of carbonyl (C=O) groups is 9. The Balaban J connectivity index is 1.37. The number of primary amides is 1. The Morgan fingerprint density at radius 2 is 1.45 bits per heavy atom. The SMILES string of the molecule is CCCC(NC(=O)[C@@H]1CC(NC(=O)Nc2ccccc2)CN1C(=O)[C@H](NC(=O)c1cc(Cl)c(Cl)cc1C(=O)O)C1CCCCC1)C(=O)C(=O)NCC(=O)N[C@@H](C(N)=O)c1ccccc1. The molecule has 2 fully saturated rings. The first-order valence-electron chi connectivity index (χ1n) is 20.8. The molecule has 5 rings (SSSR count). The molecule has 1 heterocycles. The van der Waals surface area contributed by atoms with Gasteiger partial charge in [-0.2, -0.15) is 0 Å². The molecule has 64 heavy (non-hydrogen) atoms. The number of benzene rings is 3. The number of nitrogens with zero attached hydrogens (tertiary/aromatic N) is 1. The van der Waals surface area contributed by atoms with Crippen molar-refractivity contribution in [1.29, 1.82) is 0 Å². The monoisotopic (exact) mass is 920 g/mol. The summed E-state index contributed by atoms with van der Waals surface area (Å²) in [5.74, 6) is -8.32. The number of nitrogens with one attached hydrogen (secondary N) is 6. The van der Waals surface area contributed by atoms with Gasteiger partial charge in [0.2, 0.25) is 29.4 Å². The van der Waals surface area contributed by atoms with E-state index in [0.29, 0.717) is 30.5 Å². The molecule has 9 N–H and O–H groups in total. The molecule has 3 aromatic rings. The summed E-state index contributed by atoms with van der Waals surface area (Å²) in [4.78, 5) is 121. The van der Waals surface area contributed by atoms with Crippen molar-refractivity contribution in [3.05, 3.63) is 99.5 Å². The number of anilines is 1. The van der Waals surface area contributed by atoms with Crippen molar-refractivity contribution in [3.63, 3.8) is 0 Å². The number of nitrogens with two attached hydrogens (primary N) is 1. The number of hydrogen-bond donors (Lipinski definition) is 8. The number of urea groups is 1. The smallest absolute Gasteiger partial charge is 0.336 e. The van der Waals surface area contributed by atoms with Crippen LogP contribution in [0.3, 0.4) is 0 Å². The number of halogens is 2. The van der Waals surface area contributed by atoms with Gasteiger partial charge in [0, 0.05) is 12.2 Å². The number of carbonyl (C=O) groups excluding carboxylic acids is 8. The van der Waals surface area contributed by atoms with Crippen molar-refractivity contribution >= 4 is 82.1 Å². The number of carboxylic acid groups (broad SMARTS) is 1. The first kappa shape index (κ1) is 48.5. The van der Waals surface area contributed by atoms with Gasteiger partial charge in [-0.1, -0.05) is 104 Å². The van der Waals surface area contributed by atoms with Crippen LogP contribution in [0.4, 0.5) is 10.5 Å². The van der Waals surface area contributed by atoms with Crippen LogP contribution in [0.15, 0.2) is 72.8 Å². The predicted molar refractivity (Wildman–Crippen MR) is 235 cm³/mol. The van der Waals surface area contributed by atoms with Gasteiger partial charge in [-0.05, 0) is 61.4 Å². The van der Waals surface area contributed by atoms with Crippen molar-refractivity contribution in [2.75, 3.05) is 18.4 Å². The molecule has 8 amide bonds. The summed E-state index contributed by atoms with van der Waals surface area (Å²) in [5.41, 5.74) is 5.56. The van der Waals surface area contributed by atoms with Crippen LogP contribution >= 0.6 is 23.2 Å². The molecule has 5 atom stereocenters. The van der Waals surface area contributed by atoms with Crippen LogP contribution in [0.2, 0.25) is 10.0 Å². The van der Waals surface area contributed by atoms with Gasteiger partial charge in [-0.3, -0.25) is 33.6 Å². The Bertz CT molecular complexity index is 2240. The molecule has 20 heteroatoms. The highest BCUT2D eigenvalue weighted by molar-refractivity contribution is 6.42. The van der Waals surface area contributed by atoms with Crippen LogP contribution in [0, 0.1) is 5.92 Å². The van der Waals surface area contributed by atoms with E-state index in [1.807, 2.05) is 0 Å². The lowest BCUT2D eigenvalue weighted by molar-refractivity contribution is -0.143. The summed E-state index contributed by atoms with van der Waals surface area (Å²) in [6, 6.07) is 12.1. The first-order chi connectivity index (χ1) is 30.6. The summed E-state index contributed by atoms with van der Waals surface area (Å²) in [5, 5.41) is 25.1. The quantitative estimate of drug-likeness (QED) is 0.0861. The number of rotatable bonds is 18. The molecule has 18 nitrogen and oxygen atoms in total. The van der Waals surface area contributed by atoms with Gasteiger partial charge >= 0.3 is 12.0 Å². The van der Waals surface area contributed by atoms with E-state index >= 15 is 0 Å². The Morgan fingerprint density at radius 1 is 0.828 bits per heavy atom. The summed E-state index contributed by atoms with van der Waals surface area (Å²) < 4.78 is 0. The lowest BCUT2D eigenvalue weighted by atomic mass is 9.83. The maximum atomic E-state index is 14.8. The normalized spacial score (nSPS) is 17.5. The zero-order valence-corrected chi connectivity index (χ0v) is 36.4. The van der Waals surface area contributed by atoms with Crippen molar-refractivity contribution in [2.45, 2.75) is 88.5 Å². The van der Waals surface area contributed by atoms with E-state index in [1.54, 1.807) is 67.6 Å². The molecule has 2 aliphatic rings. The largest absolute Gasteiger partial charge is 0.478 e. The molecule has 1 saturated heterocycles. The van der Waals surface area contributed by atoms with Crippen molar-refractivity contribution in [2.24, 2.45) is 11.7 Å². The van der Waals surface area contributed by atoms with Gasteiger partial charge < -0.3 is 47.6 Å². The van der Waals surface area contributed by atoms with Gasteiger partial charge in [0.25, 0.3) is 11.8 Å². The molecule has 1 aliphatic heterocycles. The number of hydrogen-bond acceptors (Lipinski definition) is 9. The molecule has 1 aliphatic carbocycles. The van der Waals surface area contributed by atoms with Crippen molar-refractivity contribution < 1.29 is 48.3 Å². The molecular weight excluding hydrogens is 871 g/mol. The number of ketones is 1. The summed E-state index contributed by atoms with van der Waals surface area (Å²) in [6.07, 6.45) is 3.55. The average molecular weight is 922 g/mol. The van der Waals surface area contributed by atoms with Gasteiger partial charge in [0.1, 0.15) is 18.1 Å². The molecule has 1 saturated carbocycles. The maximum Gasteiger partial charge on any atom is 0.336 e. The highest BCUT2D eigenvalue weighted by atomic mass is 35.5. The van der Waals surface area contributed by atoms with E-state index < -0.39 is 101 Å². The molecule has 2 unspecified atom stereocenters. The third kappa shape index (κ3) is 12.8. The van der Waals surface area contributed by atoms with E-state index in [2.05, 4.69) is 31.9 Å². The Morgan fingerprint density at radius 3 is 2.06 bits per heavy atom. The molecule has 0 spiro atoms. The summed E-state index contributed by atoms with van der Waals surface area (Å²) in [6.45, 7) is 0.799. The minimum atomic E-state index is -1.46. The molecule has 0 bridgehead atoms. The molecule has 340 valence electrons. The second-order valence-electron chi connectivity index (χ2n) is 15.6. The van der Waals surface area contributed by atoms with Crippen molar-refractivity contribution in [1.82, 2.24) is 31.5 Å². The number of carboxylic acids is 1. The predicted octanol–water partition coefficient (Wildman–Crippen LogP) is 3.47. The highest BCUT2D eigenvalue weighted by Gasteiger charge is 2.45. The zero-order chi connectivity index (χ0) is 46.5. The standard InChI is InChI=1S/C44H50Cl2N8O10/c1-2-12-32(37(56)41(60)48-22-34(55)52-35(38(47)57)24-13-6-3-7-14-24)51-40(59)33-19-27(50-44(64)49-26-17-10-5-11-18-26)23-54(33)42(61)36(25-15-8-4-9-16-25)53-39(58)28-20-30(45)31(46)21-29(28)43(62)63/h3,5-7,10-11,13-14,17-18,20-21,25,27,32-33,35-36H,2,4,8-9,12,15-16,19,22-23H2,1H3,(H2,47,57)(H,48,60)(H,51,59)(H,52,55)(H,53,58)(H,62,63)(H2,49,50,64)/t27?,32?,33-,35+,36+/m0/s1. The van der Waals surface area contributed by atoms with E-state index in [-0.39, 0.29) is 35.0 Å². The van der Waals surface area contributed by atoms with Crippen LogP contribution in [0.1, 0.15) is 90.6 Å². The average Bonchev–Trinajstić information content (AvgIpc) is 3.70. The summed E-state index contributed by atoms with van der Waals surface area (Å²) in [7, 11) is 0. The second kappa shape index (κ2) is 22.7. The van der Waals surface area contributed by atoms with E-state index in [4.69, 9.17) is 28.9 Å². The first-order valence-corrected chi connectivity index (χ1v) is 21.6. The van der Waals surface area contributed by atoms with Crippen molar-refractivity contribution in [3.8, 4) is 0 Å². The minimum Gasteiger partial charge on any atom is -0.478 e. The Kier molecular flexibility index (Phi) is 17.2. The maximum absolute atomic E-state index is 14.8. The van der Waals surface area contributed by atoms with Gasteiger partial charge in [-0.15, -0.1) is 0 Å². The number of aromatic carboxylic acids is 1. The second-order valence-corrected chi connectivity index (χ2v) is 16.4. The third-order valence-corrected chi connectivity index (χ3v) is 11.8. The highest BCUT2D eigenvalue weighted by Crippen LogP contribution is 2.31. The lowest BCUT2D eigenvalue weighted by Gasteiger charge is -2.35. The van der Waals surface area contributed by atoms with Crippen LogP contribution in [-0.2, 0) is 28.8 Å². The topological polar surface area (TPSA) is 275 Å². The summed E-state index contributed by atoms with van der Waals surface area (Å²) >= 11 is 12.3. The molecule has 3 aromatic carbocycles.